The lowest BCUT2D eigenvalue weighted by Gasteiger charge is -2.11. The van der Waals surface area contributed by atoms with Crippen LogP contribution in [0.2, 0.25) is 0 Å². The van der Waals surface area contributed by atoms with Crippen LogP contribution in [0, 0.1) is 0 Å². The van der Waals surface area contributed by atoms with Gasteiger partial charge in [-0.2, -0.15) is 0 Å². The van der Waals surface area contributed by atoms with E-state index in [0.717, 1.165) is 0 Å². The van der Waals surface area contributed by atoms with Gasteiger partial charge in [0.25, 0.3) is 5.91 Å². The molecule has 2 aromatic rings. The zero-order valence-corrected chi connectivity index (χ0v) is 11.8. The summed E-state index contributed by atoms with van der Waals surface area (Å²) in [6, 6.07) is 11.6. The minimum Gasteiger partial charge on any atom is -0.497 e. The number of rotatable bonds is 4. The van der Waals surface area contributed by atoms with Crippen LogP contribution in [0.25, 0.3) is 0 Å². The third-order valence-corrected chi connectivity index (χ3v) is 3.06. The Morgan fingerprint density at radius 3 is 2.43 bits per heavy atom. The number of nitrogens with two attached hydrogens (primary N) is 1. The molecule has 0 heterocycles. The summed E-state index contributed by atoms with van der Waals surface area (Å²) < 4.78 is 5.04. The first-order valence-corrected chi connectivity index (χ1v) is 6.37. The molecule has 3 N–H and O–H groups in total. The number of hydrogen-bond acceptors (Lipinski definition) is 4. The van der Waals surface area contributed by atoms with Crippen molar-refractivity contribution in [3.8, 4) is 5.75 Å². The SMILES string of the molecule is COc1ccc(C(=O)Nc2ccccc2C(C)=O)c(N)c1. The Hall–Kier alpha value is -2.82. The van der Waals surface area contributed by atoms with Gasteiger partial charge in [0, 0.05) is 17.3 Å². The summed E-state index contributed by atoms with van der Waals surface area (Å²) in [7, 11) is 1.53. The average molecular weight is 284 g/mol. The zero-order valence-electron chi connectivity index (χ0n) is 11.8. The minimum absolute atomic E-state index is 0.117. The van der Waals surface area contributed by atoms with E-state index in [0.29, 0.717) is 28.3 Å². The summed E-state index contributed by atoms with van der Waals surface area (Å²) in [5.74, 6) is 0.0886. The predicted molar refractivity (Wildman–Crippen MR) is 81.8 cm³/mol. The van der Waals surface area contributed by atoms with Crippen molar-refractivity contribution in [3.05, 3.63) is 53.6 Å². The normalized spacial score (nSPS) is 10.0. The number of anilines is 2. The molecule has 2 rings (SSSR count). The Bertz CT molecular complexity index is 696. The number of benzene rings is 2. The van der Waals surface area contributed by atoms with E-state index in [-0.39, 0.29) is 11.7 Å². The van der Waals surface area contributed by atoms with Gasteiger partial charge >= 0.3 is 0 Å². The van der Waals surface area contributed by atoms with Crippen molar-refractivity contribution in [2.24, 2.45) is 0 Å². The number of nitrogens with one attached hydrogen (secondary N) is 1. The fraction of sp³-hybridized carbons (Fsp3) is 0.125. The van der Waals surface area contributed by atoms with Gasteiger partial charge in [-0.05, 0) is 31.2 Å². The van der Waals surface area contributed by atoms with Gasteiger partial charge in [-0.1, -0.05) is 12.1 Å². The van der Waals surface area contributed by atoms with Crippen molar-refractivity contribution in [2.75, 3.05) is 18.2 Å². The summed E-state index contributed by atoms with van der Waals surface area (Å²) in [6.07, 6.45) is 0. The lowest BCUT2D eigenvalue weighted by atomic mass is 10.1. The van der Waals surface area contributed by atoms with Crippen molar-refractivity contribution in [2.45, 2.75) is 6.92 Å². The molecule has 0 saturated carbocycles. The molecule has 0 unspecified atom stereocenters. The zero-order chi connectivity index (χ0) is 15.4. The smallest absolute Gasteiger partial charge is 0.257 e. The van der Waals surface area contributed by atoms with Crippen molar-refractivity contribution in [1.82, 2.24) is 0 Å². The van der Waals surface area contributed by atoms with Crippen LogP contribution in [0.4, 0.5) is 11.4 Å². The van der Waals surface area contributed by atoms with E-state index in [1.807, 2.05) is 0 Å². The van der Waals surface area contributed by atoms with Gasteiger partial charge in [0.05, 0.1) is 18.4 Å². The maximum absolute atomic E-state index is 12.3. The molecule has 0 atom stereocenters. The molecule has 0 radical (unpaired) electrons. The maximum Gasteiger partial charge on any atom is 0.257 e. The number of amides is 1. The molecule has 0 aliphatic heterocycles. The summed E-state index contributed by atoms with van der Waals surface area (Å²) in [5.41, 5.74) is 7.40. The van der Waals surface area contributed by atoms with Crippen molar-refractivity contribution in [3.63, 3.8) is 0 Å². The Balaban J connectivity index is 2.28. The molecular formula is C16H16N2O3. The molecular weight excluding hydrogens is 268 g/mol. The predicted octanol–water partition coefficient (Wildman–Crippen LogP) is 2.73. The number of ether oxygens (including phenoxy) is 1. The largest absolute Gasteiger partial charge is 0.497 e. The van der Waals surface area contributed by atoms with Crippen LogP contribution in [-0.4, -0.2) is 18.8 Å². The van der Waals surface area contributed by atoms with Crippen LogP contribution in [0.15, 0.2) is 42.5 Å². The number of hydrogen-bond donors (Lipinski definition) is 2. The molecule has 0 aliphatic rings. The molecule has 0 spiro atoms. The first-order chi connectivity index (χ1) is 10.0. The van der Waals surface area contributed by atoms with E-state index in [1.165, 1.54) is 14.0 Å². The fourth-order valence-electron chi connectivity index (χ4n) is 1.96. The lowest BCUT2D eigenvalue weighted by Crippen LogP contribution is -2.16. The molecule has 2 aromatic carbocycles. The van der Waals surface area contributed by atoms with E-state index >= 15 is 0 Å². The Morgan fingerprint density at radius 2 is 1.81 bits per heavy atom. The summed E-state index contributed by atoms with van der Waals surface area (Å²) >= 11 is 0. The number of methoxy groups -OCH3 is 1. The molecule has 108 valence electrons. The second-order valence-electron chi connectivity index (χ2n) is 4.51. The highest BCUT2D eigenvalue weighted by Crippen LogP contribution is 2.22. The van der Waals surface area contributed by atoms with E-state index in [4.69, 9.17) is 10.5 Å². The molecule has 0 aromatic heterocycles. The Kier molecular flexibility index (Phi) is 4.23. The van der Waals surface area contributed by atoms with Gasteiger partial charge in [0.2, 0.25) is 0 Å². The number of carbonyl (C=O) groups is 2. The van der Waals surface area contributed by atoms with Gasteiger partial charge in [0.15, 0.2) is 5.78 Å². The van der Waals surface area contributed by atoms with Crippen LogP contribution in [0.1, 0.15) is 27.6 Å². The number of ketones is 1. The molecule has 0 bridgehead atoms. The van der Waals surface area contributed by atoms with E-state index in [1.54, 1.807) is 42.5 Å². The van der Waals surface area contributed by atoms with Crippen LogP contribution >= 0.6 is 0 Å². The van der Waals surface area contributed by atoms with Crippen molar-refractivity contribution >= 4 is 23.1 Å². The molecule has 5 heteroatoms. The third-order valence-electron chi connectivity index (χ3n) is 3.06. The standard InChI is InChI=1S/C16H16N2O3/c1-10(19)12-5-3-4-6-15(12)18-16(20)13-8-7-11(21-2)9-14(13)17/h3-9H,17H2,1-2H3,(H,18,20). The summed E-state index contributed by atoms with van der Waals surface area (Å²) in [4.78, 5) is 23.8. The second-order valence-corrected chi connectivity index (χ2v) is 4.51. The van der Waals surface area contributed by atoms with Crippen LogP contribution in [0.3, 0.4) is 0 Å². The molecule has 0 aliphatic carbocycles. The van der Waals surface area contributed by atoms with Crippen molar-refractivity contribution < 1.29 is 14.3 Å². The first kappa shape index (κ1) is 14.6. The molecule has 5 nitrogen and oxygen atoms in total. The van der Waals surface area contributed by atoms with Gasteiger partial charge in [0.1, 0.15) is 5.75 Å². The van der Waals surface area contributed by atoms with Gasteiger partial charge in [-0.3, -0.25) is 9.59 Å². The summed E-state index contributed by atoms with van der Waals surface area (Å²) in [5, 5.41) is 2.71. The topological polar surface area (TPSA) is 81.4 Å². The quantitative estimate of drug-likeness (QED) is 0.668. The van der Waals surface area contributed by atoms with Gasteiger partial charge in [-0.25, -0.2) is 0 Å². The molecule has 21 heavy (non-hydrogen) atoms. The van der Waals surface area contributed by atoms with Crippen LogP contribution < -0.4 is 15.8 Å². The van der Waals surface area contributed by atoms with Gasteiger partial charge < -0.3 is 15.8 Å². The second kappa shape index (κ2) is 6.09. The summed E-state index contributed by atoms with van der Waals surface area (Å²) in [6.45, 7) is 1.45. The molecule has 0 fully saturated rings. The lowest BCUT2D eigenvalue weighted by molar-refractivity contribution is 0.101. The van der Waals surface area contributed by atoms with E-state index < -0.39 is 0 Å². The highest BCUT2D eigenvalue weighted by Gasteiger charge is 2.14. The first-order valence-electron chi connectivity index (χ1n) is 6.37. The third kappa shape index (κ3) is 3.20. The van der Waals surface area contributed by atoms with Crippen LogP contribution in [0.5, 0.6) is 5.75 Å². The maximum atomic E-state index is 12.3. The highest BCUT2D eigenvalue weighted by molar-refractivity contribution is 6.11. The minimum atomic E-state index is -0.371. The number of nitrogen functional groups attached to an aromatic ring is 1. The highest BCUT2D eigenvalue weighted by atomic mass is 16.5. The number of carbonyl (C=O) groups excluding carboxylic acids is 2. The van der Waals surface area contributed by atoms with Crippen LogP contribution in [-0.2, 0) is 0 Å². The molecule has 0 saturated heterocycles. The molecule has 1 amide bonds. The van der Waals surface area contributed by atoms with E-state index in [9.17, 15) is 9.59 Å². The Labute approximate surface area is 122 Å². The monoisotopic (exact) mass is 284 g/mol. The van der Waals surface area contributed by atoms with Crippen molar-refractivity contribution in [1.29, 1.82) is 0 Å². The Morgan fingerprint density at radius 1 is 1.10 bits per heavy atom. The van der Waals surface area contributed by atoms with E-state index in [2.05, 4.69) is 5.32 Å². The average Bonchev–Trinajstić information content (AvgIpc) is 2.47. The van der Waals surface area contributed by atoms with Gasteiger partial charge in [-0.15, -0.1) is 0 Å². The fourth-order valence-corrected chi connectivity index (χ4v) is 1.96. The number of Topliss-reactive ketones (excluding diaryl/α,β-unsaturated/α-hetero) is 1. The number of para-hydroxylation sites is 1.